The quantitative estimate of drug-likeness (QED) is 0.260. The van der Waals surface area contributed by atoms with Crippen molar-refractivity contribution < 1.29 is 32.6 Å². The van der Waals surface area contributed by atoms with Crippen molar-refractivity contribution in [1.29, 1.82) is 0 Å². The minimum atomic E-state index is -3.39. The van der Waals surface area contributed by atoms with Gasteiger partial charge in [0.05, 0.1) is 24.7 Å². The number of ether oxygens (including phenoxy) is 4. The maximum Gasteiger partial charge on any atom is 0.356 e. The first-order chi connectivity index (χ1) is 15.5. The molecule has 2 aromatic heterocycles. The third-order valence-electron chi connectivity index (χ3n) is 5.13. The number of hydrogen-bond acceptors (Lipinski definition) is 9. The average Bonchev–Trinajstić information content (AvgIpc) is 3.33. The largest absolute Gasteiger partial charge is 0.366 e. The first-order valence-corrected chi connectivity index (χ1v) is 13.2. The molecule has 5 atom stereocenters. The van der Waals surface area contributed by atoms with Crippen LogP contribution in [0, 0.1) is 0 Å². The Bertz CT molecular complexity index is 1050. The van der Waals surface area contributed by atoms with Gasteiger partial charge in [-0.3, -0.25) is 4.57 Å². The molecule has 0 bridgehead atoms. The van der Waals surface area contributed by atoms with Gasteiger partial charge in [0, 0.05) is 6.20 Å². The van der Waals surface area contributed by atoms with Crippen molar-refractivity contribution >= 4 is 41.8 Å². The van der Waals surface area contributed by atoms with Gasteiger partial charge >= 0.3 is 7.60 Å². The van der Waals surface area contributed by atoms with Crippen LogP contribution in [-0.4, -0.2) is 64.3 Å². The predicted molar refractivity (Wildman–Crippen MR) is 122 cm³/mol. The van der Waals surface area contributed by atoms with Crippen molar-refractivity contribution in [3.8, 4) is 0 Å². The maximum absolute atomic E-state index is 12.9. The van der Waals surface area contributed by atoms with Gasteiger partial charge in [0.25, 0.3) is 0 Å². The Hall–Kier alpha value is -0.810. The number of hydrogen-bond donors (Lipinski definition) is 0. The predicted octanol–water partition coefficient (Wildman–Crippen LogP) is 4.78. The minimum Gasteiger partial charge on any atom is -0.366 e. The van der Waals surface area contributed by atoms with Crippen LogP contribution in [0.15, 0.2) is 12.3 Å². The number of halogens is 2. The Morgan fingerprint density at radius 3 is 2.67 bits per heavy atom. The number of nitrogens with zero attached hydrogens (tertiary/aromatic N) is 3. The minimum absolute atomic E-state index is 0.0302. The lowest BCUT2D eigenvalue weighted by atomic mass is 10.1. The lowest BCUT2D eigenvalue weighted by Crippen LogP contribution is -2.33. The molecule has 1 unspecified atom stereocenters. The van der Waals surface area contributed by atoms with Crippen molar-refractivity contribution in [2.24, 2.45) is 0 Å². The summed E-state index contributed by atoms with van der Waals surface area (Å²) < 4.78 is 49.8. The molecule has 2 fully saturated rings. The molecule has 4 rings (SSSR count). The summed E-state index contributed by atoms with van der Waals surface area (Å²) in [6, 6.07) is 1.79. The molecule has 0 spiro atoms. The van der Waals surface area contributed by atoms with Crippen LogP contribution in [0.5, 0.6) is 0 Å². The molecule has 4 heterocycles. The van der Waals surface area contributed by atoms with Gasteiger partial charge < -0.3 is 32.6 Å². The van der Waals surface area contributed by atoms with Gasteiger partial charge in [-0.1, -0.05) is 11.6 Å². The topological polar surface area (TPSA) is 103 Å². The van der Waals surface area contributed by atoms with Crippen molar-refractivity contribution in [2.75, 3.05) is 19.6 Å². The van der Waals surface area contributed by atoms with E-state index in [9.17, 15) is 4.57 Å². The van der Waals surface area contributed by atoms with Crippen LogP contribution in [0.4, 0.5) is 0 Å². The Morgan fingerprint density at radius 2 is 1.97 bits per heavy atom. The highest BCUT2D eigenvalue weighted by atomic mass is 35.5. The molecule has 2 aliphatic heterocycles. The van der Waals surface area contributed by atoms with Gasteiger partial charge in [-0.15, -0.1) is 0 Å². The van der Waals surface area contributed by atoms with Crippen LogP contribution in [-0.2, 0) is 32.6 Å². The number of rotatable bonds is 9. The van der Waals surface area contributed by atoms with E-state index in [4.69, 9.17) is 51.2 Å². The van der Waals surface area contributed by atoms with Gasteiger partial charge in [-0.2, -0.15) is 4.98 Å². The summed E-state index contributed by atoms with van der Waals surface area (Å²) >= 11 is 12.3. The highest BCUT2D eigenvalue weighted by molar-refractivity contribution is 7.53. The Kier molecular flexibility index (Phi) is 7.42. The zero-order valence-corrected chi connectivity index (χ0v) is 21.5. The molecule has 33 heavy (non-hydrogen) atoms. The summed E-state index contributed by atoms with van der Waals surface area (Å²) in [5.74, 6) is -0.815. The third-order valence-corrected chi connectivity index (χ3v) is 7.48. The Balaban J connectivity index is 1.53. The number of aromatic nitrogens is 3. The lowest BCUT2D eigenvalue weighted by molar-refractivity contribution is -0.201. The molecule has 13 heteroatoms. The van der Waals surface area contributed by atoms with Crippen LogP contribution in [0.2, 0.25) is 10.4 Å². The summed E-state index contributed by atoms with van der Waals surface area (Å²) in [4.78, 5) is 8.30. The first kappa shape index (κ1) is 25.3. The standard InChI is InChI=1S/C20H28Cl2N3O7P/c1-6-28-33(26,32-11(2)3)10-27-9-13-14-15(31-20(4,5)30-14)18(29-13)25-8-7-12-16(21)23-19(22)24-17(12)25/h7-8,11,13-15,18H,6,9-10H2,1-5H3/t13-,14-,15-,18-,33?/m1/s1. The monoisotopic (exact) mass is 523 g/mol. The van der Waals surface area contributed by atoms with Crippen molar-refractivity contribution in [3.05, 3.63) is 22.7 Å². The van der Waals surface area contributed by atoms with Crippen LogP contribution < -0.4 is 0 Å². The Labute approximate surface area is 202 Å². The summed E-state index contributed by atoms with van der Waals surface area (Å²) in [7, 11) is -3.39. The van der Waals surface area contributed by atoms with E-state index in [0.717, 1.165) is 0 Å². The molecule has 184 valence electrons. The van der Waals surface area contributed by atoms with Crippen LogP contribution in [0.25, 0.3) is 11.0 Å². The highest BCUT2D eigenvalue weighted by Crippen LogP contribution is 2.50. The molecule has 2 aliphatic rings. The van der Waals surface area contributed by atoms with E-state index in [0.29, 0.717) is 11.0 Å². The van der Waals surface area contributed by atoms with E-state index in [2.05, 4.69) is 9.97 Å². The van der Waals surface area contributed by atoms with E-state index >= 15 is 0 Å². The van der Waals surface area contributed by atoms with Gasteiger partial charge in [0.15, 0.2) is 12.0 Å². The van der Waals surface area contributed by atoms with Gasteiger partial charge in [0.1, 0.15) is 35.5 Å². The molecule has 0 aliphatic carbocycles. The summed E-state index contributed by atoms with van der Waals surface area (Å²) in [6.07, 6.45) is -0.610. The molecule has 0 saturated carbocycles. The molecular formula is C20H28Cl2N3O7P. The second-order valence-corrected chi connectivity index (χ2v) is 11.2. The van der Waals surface area contributed by atoms with Crippen LogP contribution >= 0.6 is 30.8 Å². The van der Waals surface area contributed by atoms with E-state index in [1.54, 1.807) is 37.6 Å². The fraction of sp³-hybridized carbons (Fsp3) is 0.700. The van der Waals surface area contributed by atoms with Crippen LogP contribution in [0.3, 0.4) is 0 Å². The second kappa shape index (κ2) is 9.68. The molecule has 2 aromatic rings. The van der Waals surface area contributed by atoms with E-state index in [-0.39, 0.29) is 36.1 Å². The van der Waals surface area contributed by atoms with Crippen molar-refractivity contribution in [1.82, 2.24) is 14.5 Å². The molecule has 2 saturated heterocycles. The normalized spacial score (nSPS) is 28.5. The SMILES string of the molecule is CCOP(=O)(COC[C@H]1O[C@@H](n2ccc3c(Cl)nc(Cl)nc32)[C@@H]2OC(C)(C)O[C@@H]21)OC(C)C. The molecule has 10 nitrogen and oxygen atoms in total. The van der Waals surface area contributed by atoms with E-state index in [1.807, 2.05) is 13.8 Å². The molecule has 0 N–H and O–H groups in total. The van der Waals surface area contributed by atoms with E-state index in [1.165, 1.54) is 0 Å². The fourth-order valence-corrected chi connectivity index (χ4v) is 6.09. The molecular weight excluding hydrogens is 496 g/mol. The van der Waals surface area contributed by atoms with Gasteiger partial charge in [-0.05, 0) is 52.3 Å². The average molecular weight is 524 g/mol. The molecule has 0 radical (unpaired) electrons. The van der Waals surface area contributed by atoms with Crippen molar-refractivity contribution in [2.45, 2.75) is 71.0 Å². The zero-order chi connectivity index (χ0) is 24.0. The molecule has 0 aromatic carbocycles. The summed E-state index contributed by atoms with van der Waals surface area (Å²) in [5.41, 5.74) is 0.518. The summed E-state index contributed by atoms with van der Waals surface area (Å²) in [6.45, 7) is 9.35. The second-order valence-electron chi connectivity index (χ2n) is 8.56. The van der Waals surface area contributed by atoms with Gasteiger partial charge in [-0.25, -0.2) is 4.98 Å². The number of fused-ring (bicyclic) bond motifs is 2. The van der Waals surface area contributed by atoms with Crippen LogP contribution in [0.1, 0.15) is 40.8 Å². The smallest absolute Gasteiger partial charge is 0.356 e. The maximum atomic E-state index is 12.9. The highest BCUT2D eigenvalue weighted by Gasteiger charge is 2.56. The van der Waals surface area contributed by atoms with Gasteiger partial charge in [0.2, 0.25) is 5.28 Å². The van der Waals surface area contributed by atoms with E-state index < -0.39 is 37.9 Å². The first-order valence-electron chi connectivity index (χ1n) is 10.7. The lowest BCUT2D eigenvalue weighted by Gasteiger charge is -2.25. The Morgan fingerprint density at radius 1 is 1.24 bits per heavy atom. The molecule has 0 amide bonds. The fourth-order valence-electron chi connectivity index (χ4n) is 4.09. The third kappa shape index (κ3) is 5.39. The van der Waals surface area contributed by atoms with Crippen molar-refractivity contribution in [3.63, 3.8) is 0 Å². The zero-order valence-electron chi connectivity index (χ0n) is 19.1. The summed E-state index contributed by atoms with van der Waals surface area (Å²) in [5, 5.41) is 0.920.